The second-order valence-corrected chi connectivity index (χ2v) is 4.31. The summed E-state index contributed by atoms with van der Waals surface area (Å²) in [7, 11) is 0. The van der Waals surface area contributed by atoms with Crippen LogP contribution < -0.4 is 0 Å². The second kappa shape index (κ2) is 6.72. The Bertz CT molecular complexity index is 493. The third-order valence-corrected chi connectivity index (χ3v) is 3.03. The Hall–Kier alpha value is -1.93. The zero-order chi connectivity index (χ0) is 13.5. The van der Waals surface area contributed by atoms with Gasteiger partial charge in [-0.15, -0.1) is 18.2 Å². The molecule has 0 aliphatic rings. The van der Waals surface area contributed by atoms with Crippen molar-refractivity contribution in [2.24, 2.45) is 0 Å². The molecule has 0 atom stereocenters. The molecule has 0 fully saturated rings. The molecule has 0 aliphatic heterocycles. The SMILES string of the molecule is C#CCN(CC(=O)O)C(=O)c1ccccc1SC. The Morgan fingerprint density at radius 1 is 1.44 bits per heavy atom. The molecule has 0 radical (unpaired) electrons. The lowest BCUT2D eigenvalue weighted by Crippen LogP contribution is -2.36. The van der Waals surface area contributed by atoms with E-state index in [9.17, 15) is 9.59 Å². The molecular weight excluding hydrogens is 250 g/mol. The van der Waals surface area contributed by atoms with E-state index >= 15 is 0 Å². The summed E-state index contributed by atoms with van der Waals surface area (Å²) < 4.78 is 0. The fraction of sp³-hybridized carbons (Fsp3) is 0.231. The van der Waals surface area contributed by atoms with Crippen LogP contribution in [-0.4, -0.2) is 41.2 Å². The standard InChI is InChI=1S/C13H13NO3S/c1-3-8-14(9-12(15)16)13(17)10-6-4-5-7-11(10)18-2/h1,4-7H,8-9H2,2H3,(H,15,16). The first kappa shape index (κ1) is 14.1. The lowest BCUT2D eigenvalue weighted by molar-refractivity contribution is -0.137. The maximum absolute atomic E-state index is 12.2. The summed E-state index contributed by atoms with van der Waals surface area (Å²) in [5.41, 5.74) is 0.474. The average molecular weight is 263 g/mol. The van der Waals surface area contributed by atoms with Crippen molar-refractivity contribution in [3.63, 3.8) is 0 Å². The van der Waals surface area contributed by atoms with E-state index in [1.807, 2.05) is 18.4 Å². The third-order valence-electron chi connectivity index (χ3n) is 2.23. The number of benzene rings is 1. The molecule has 0 unspecified atom stereocenters. The minimum atomic E-state index is -1.08. The highest BCUT2D eigenvalue weighted by Crippen LogP contribution is 2.21. The van der Waals surface area contributed by atoms with Gasteiger partial charge in [0.2, 0.25) is 0 Å². The number of amides is 1. The van der Waals surface area contributed by atoms with Crippen LogP contribution in [0.15, 0.2) is 29.2 Å². The highest BCUT2D eigenvalue weighted by molar-refractivity contribution is 7.98. The van der Waals surface area contributed by atoms with E-state index in [0.29, 0.717) is 5.56 Å². The summed E-state index contributed by atoms with van der Waals surface area (Å²) in [6.45, 7) is -0.417. The molecule has 1 amide bonds. The number of terminal acetylenes is 1. The van der Waals surface area contributed by atoms with Crippen LogP contribution in [0.25, 0.3) is 0 Å². The highest BCUT2D eigenvalue weighted by Gasteiger charge is 2.19. The first-order valence-electron chi connectivity index (χ1n) is 5.17. The molecule has 5 heteroatoms. The Morgan fingerprint density at radius 2 is 2.11 bits per heavy atom. The van der Waals surface area contributed by atoms with Crippen LogP contribution >= 0.6 is 11.8 Å². The van der Waals surface area contributed by atoms with Crippen molar-refractivity contribution < 1.29 is 14.7 Å². The molecule has 1 aromatic rings. The molecule has 0 aliphatic carbocycles. The van der Waals surface area contributed by atoms with Gasteiger partial charge in [0.05, 0.1) is 12.1 Å². The number of rotatable bonds is 5. The Balaban J connectivity index is 3.02. The quantitative estimate of drug-likeness (QED) is 0.647. The Kier molecular flexibility index (Phi) is 5.28. The van der Waals surface area contributed by atoms with Crippen LogP contribution in [0.3, 0.4) is 0 Å². The maximum atomic E-state index is 12.2. The van der Waals surface area contributed by atoms with Crippen molar-refractivity contribution in [1.82, 2.24) is 4.90 Å². The molecule has 0 aromatic heterocycles. The van der Waals surface area contributed by atoms with E-state index in [1.54, 1.807) is 12.1 Å². The van der Waals surface area contributed by atoms with Crippen LogP contribution in [0.5, 0.6) is 0 Å². The summed E-state index contributed by atoms with van der Waals surface area (Å²) >= 11 is 1.43. The monoisotopic (exact) mass is 263 g/mol. The number of carboxylic acid groups (broad SMARTS) is 1. The average Bonchev–Trinajstić information content (AvgIpc) is 2.37. The van der Waals surface area contributed by atoms with Crippen LogP contribution in [0.4, 0.5) is 0 Å². The number of aliphatic carboxylic acids is 1. The number of carboxylic acids is 1. The summed E-state index contributed by atoms with van der Waals surface area (Å²) in [4.78, 5) is 24.8. The minimum Gasteiger partial charge on any atom is -0.480 e. The molecule has 4 nitrogen and oxygen atoms in total. The highest BCUT2D eigenvalue weighted by atomic mass is 32.2. The third kappa shape index (κ3) is 3.54. The molecule has 1 aromatic carbocycles. The van der Waals surface area contributed by atoms with Gasteiger partial charge in [-0.1, -0.05) is 18.1 Å². The number of hydrogen-bond acceptors (Lipinski definition) is 3. The van der Waals surface area contributed by atoms with Crippen LogP contribution in [0.2, 0.25) is 0 Å². The molecule has 0 bridgehead atoms. The van der Waals surface area contributed by atoms with Crippen molar-refractivity contribution in [2.75, 3.05) is 19.3 Å². The first-order chi connectivity index (χ1) is 8.60. The van der Waals surface area contributed by atoms with Gasteiger partial charge in [-0.05, 0) is 18.4 Å². The molecule has 0 saturated heterocycles. The molecule has 0 saturated carbocycles. The molecule has 1 N–H and O–H groups in total. The molecule has 0 heterocycles. The fourth-order valence-corrected chi connectivity index (χ4v) is 2.05. The smallest absolute Gasteiger partial charge is 0.323 e. The van der Waals surface area contributed by atoms with Gasteiger partial charge in [0.25, 0.3) is 5.91 Å². The summed E-state index contributed by atoms with van der Waals surface area (Å²) in [5, 5.41) is 8.77. The minimum absolute atomic E-state index is 0.0200. The molecule has 18 heavy (non-hydrogen) atoms. The number of nitrogens with zero attached hydrogens (tertiary/aromatic N) is 1. The van der Waals surface area contributed by atoms with Crippen molar-refractivity contribution >= 4 is 23.6 Å². The van der Waals surface area contributed by atoms with Crippen LogP contribution in [-0.2, 0) is 4.79 Å². The first-order valence-corrected chi connectivity index (χ1v) is 6.40. The number of carbonyl (C=O) groups is 2. The Morgan fingerprint density at radius 3 is 2.67 bits per heavy atom. The van der Waals surface area contributed by atoms with Gasteiger partial charge in [-0.3, -0.25) is 9.59 Å². The predicted octanol–water partition coefficient (Wildman–Crippen LogP) is 1.57. The van der Waals surface area contributed by atoms with Gasteiger partial charge in [0.1, 0.15) is 6.54 Å². The Labute approximate surface area is 110 Å². The molecule has 0 spiro atoms. The largest absolute Gasteiger partial charge is 0.480 e. The zero-order valence-corrected chi connectivity index (χ0v) is 10.7. The van der Waals surface area contributed by atoms with Crippen LogP contribution in [0, 0.1) is 12.3 Å². The van der Waals surface area contributed by atoms with Gasteiger partial charge in [-0.2, -0.15) is 0 Å². The van der Waals surface area contributed by atoms with E-state index in [4.69, 9.17) is 11.5 Å². The second-order valence-electron chi connectivity index (χ2n) is 3.46. The summed E-state index contributed by atoms with van der Waals surface area (Å²) in [6, 6.07) is 7.04. The zero-order valence-electron chi connectivity index (χ0n) is 9.92. The van der Waals surface area contributed by atoms with Crippen LogP contribution in [0.1, 0.15) is 10.4 Å². The number of carbonyl (C=O) groups excluding carboxylic acids is 1. The molecular formula is C13H13NO3S. The fourth-order valence-electron chi connectivity index (χ4n) is 1.46. The van der Waals surface area contributed by atoms with Gasteiger partial charge in [0.15, 0.2) is 0 Å². The number of hydrogen-bond donors (Lipinski definition) is 1. The lowest BCUT2D eigenvalue weighted by atomic mass is 10.2. The van der Waals surface area contributed by atoms with Gasteiger partial charge in [0, 0.05) is 4.90 Å². The topological polar surface area (TPSA) is 57.6 Å². The van der Waals surface area contributed by atoms with Crippen molar-refractivity contribution in [1.29, 1.82) is 0 Å². The molecule has 1 rings (SSSR count). The van der Waals surface area contributed by atoms with Crippen molar-refractivity contribution in [3.05, 3.63) is 29.8 Å². The summed E-state index contributed by atoms with van der Waals surface area (Å²) in [6.07, 6.45) is 7.01. The van der Waals surface area contributed by atoms with Crippen molar-refractivity contribution in [2.45, 2.75) is 4.90 Å². The normalized spacial score (nSPS) is 9.56. The maximum Gasteiger partial charge on any atom is 0.323 e. The molecule has 94 valence electrons. The van der Waals surface area contributed by atoms with E-state index in [-0.39, 0.29) is 12.5 Å². The van der Waals surface area contributed by atoms with Gasteiger partial charge >= 0.3 is 5.97 Å². The van der Waals surface area contributed by atoms with E-state index < -0.39 is 12.5 Å². The predicted molar refractivity (Wildman–Crippen MR) is 70.6 cm³/mol. The lowest BCUT2D eigenvalue weighted by Gasteiger charge is -2.19. The summed E-state index contributed by atoms with van der Waals surface area (Å²) in [5.74, 6) is 0.852. The van der Waals surface area contributed by atoms with E-state index in [2.05, 4.69) is 5.92 Å². The number of thioether (sulfide) groups is 1. The van der Waals surface area contributed by atoms with E-state index in [0.717, 1.165) is 9.80 Å². The van der Waals surface area contributed by atoms with Gasteiger partial charge < -0.3 is 10.0 Å². The van der Waals surface area contributed by atoms with Crippen molar-refractivity contribution in [3.8, 4) is 12.3 Å². The van der Waals surface area contributed by atoms with E-state index in [1.165, 1.54) is 11.8 Å². The van der Waals surface area contributed by atoms with Gasteiger partial charge in [-0.25, -0.2) is 0 Å².